The third-order valence-corrected chi connectivity index (χ3v) is 4.25. The Morgan fingerprint density at radius 1 is 1.35 bits per heavy atom. The summed E-state index contributed by atoms with van der Waals surface area (Å²) in [6.45, 7) is 11.6. The van der Waals surface area contributed by atoms with E-state index in [1.165, 1.54) is 19.3 Å². The van der Waals surface area contributed by atoms with Crippen LogP contribution in [0.1, 0.15) is 53.4 Å². The van der Waals surface area contributed by atoms with E-state index in [2.05, 4.69) is 32.6 Å². The van der Waals surface area contributed by atoms with Crippen molar-refractivity contribution in [1.82, 2.24) is 4.90 Å². The molecule has 0 amide bonds. The van der Waals surface area contributed by atoms with E-state index < -0.39 is 0 Å². The minimum atomic E-state index is 0.188. The molecule has 1 saturated heterocycles. The van der Waals surface area contributed by atoms with E-state index >= 15 is 0 Å². The third-order valence-electron chi connectivity index (χ3n) is 4.25. The topological polar surface area (TPSA) is 38.5 Å². The Morgan fingerprint density at radius 2 is 2.06 bits per heavy atom. The van der Waals surface area contributed by atoms with E-state index in [1.807, 2.05) is 0 Å². The van der Waals surface area contributed by atoms with Crippen LogP contribution in [0.5, 0.6) is 0 Å². The summed E-state index contributed by atoms with van der Waals surface area (Å²) in [4.78, 5) is 2.61. The van der Waals surface area contributed by atoms with Crippen LogP contribution >= 0.6 is 0 Å². The molecule has 0 saturated carbocycles. The van der Waals surface area contributed by atoms with Gasteiger partial charge in [-0.2, -0.15) is 0 Å². The molecule has 3 heteroatoms. The van der Waals surface area contributed by atoms with Gasteiger partial charge in [-0.3, -0.25) is 4.90 Å². The fourth-order valence-corrected chi connectivity index (χ4v) is 2.96. The van der Waals surface area contributed by atoms with Gasteiger partial charge >= 0.3 is 0 Å². The molecule has 0 aromatic heterocycles. The van der Waals surface area contributed by atoms with Gasteiger partial charge in [0, 0.05) is 24.7 Å². The Labute approximate surface area is 107 Å². The third kappa shape index (κ3) is 3.43. The maximum atomic E-state index is 6.12. The van der Waals surface area contributed by atoms with Crippen molar-refractivity contribution >= 4 is 0 Å². The second-order valence-corrected chi connectivity index (χ2v) is 5.53. The summed E-state index contributed by atoms with van der Waals surface area (Å²) in [5.74, 6) is 0. The van der Waals surface area contributed by atoms with E-state index in [9.17, 15) is 0 Å². The molecule has 17 heavy (non-hydrogen) atoms. The summed E-state index contributed by atoms with van der Waals surface area (Å²) < 4.78 is 5.73. The molecule has 1 aliphatic rings. The Balaban J connectivity index is 2.79. The van der Waals surface area contributed by atoms with Gasteiger partial charge in [0.1, 0.15) is 0 Å². The first-order chi connectivity index (χ1) is 8.09. The lowest BCUT2D eigenvalue weighted by atomic mass is 9.85. The number of unbranched alkanes of at least 4 members (excludes halogenated alkanes) is 1. The van der Waals surface area contributed by atoms with Gasteiger partial charge in [0.05, 0.1) is 12.7 Å². The van der Waals surface area contributed by atoms with Crippen molar-refractivity contribution in [3.63, 3.8) is 0 Å². The second-order valence-electron chi connectivity index (χ2n) is 5.53. The largest absolute Gasteiger partial charge is 0.376 e. The summed E-state index contributed by atoms with van der Waals surface area (Å²) in [5.41, 5.74) is 6.30. The van der Waals surface area contributed by atoms with Crippen LogP contribution in [-0.4, -0.2) is 42.3 Å². The van der Waals surface area contributed by atoms with Gasteiger partial charge < -0.3 is 10.5 Å². The SMILES string of the molecule is CCCCC(CC)(CN)N1CC(C)OCC1C. The van der Waals surface area contributed by atoms with Crippen molar-refractivity contribution in [3.05, 3.63) is 0 Å². The van der Waals surface area contributed by atoms with Gasteiger partial charge in [-0.15, -0.1) is 0 Å². The average molecular weight is 242 g/mol. The quantitative estimate of drug-likeness (QED) is 0.777. The standard InChI is InChI=1S/C14H30N2O/c1-5-7-8-14(6-2,11-15)16-9-13(4)17-10-12(16)3/h12-13H,5-11,15H2,1-4H3. The lowest BCUT2D eigenvalue weighted by molar-refractivity contribution is -0.0962. The van der Waals surface area contributed by atoms with Crippen LogP contribution in [0.2, 0.25) is 0 Å². The summed E-state index contributed by atoms with van der Waals surface area (Å²) in [6, 6.07) is 0.492. The molecule has 1 heterocycles. The molecule has 0 aliphatic carbocycles. The van der Waals surface area contributed by atoms with Gasteiger partial charge in [0.15, 0.2) is 0 Å². The van der Waals surface area contributed by atoms with Gasteiger partial charge in [0.25, 0.3) is 0 Å². The molecule has 3 nitrogen and oxygen atoms in total. The van der Waals surface area contributed by atoms with Gasteiger partial charge in [0.2, 0.25) is 0 Å². The fraction of sp³-hybridized carbons (Fsp3) is 1.00. The Kier molecular flexibility index (Phi) is 5.90. The maximum Gasteiger partial charge on any atom is 0.0675 e. The Hall–Kier alpha value is -0.120. The van der Waals surface area contributed by atoms with Crippen LogP contribution in [0.15, 0.2) is 0 Å². The molecule has 2 N–H and O–H groups in total. The van der Waals surface area contributed by atoms with Crippen molar-refractivity contribution in [1.29, 1.82) is 0 Å². The number of rotatable bonds is 6. The number of morpholine rings is 1. The monoisotopic (exact) mass is 242 g/mol. The first-order valence-electron chi connectivity index (χ1n) is 7.18. The van der Waals surface area contributed by atoms with Crippen molar-refractivity contribution in [2.24, 2.45) is 5.73 Å². The van der Waals surface area contributed by atoms with E-state index in [4.69, 9.17) is 10.5 Å². The van der Waals surface area contributed by atoms with Crippen molar-refractivity contribution in [3.8, 4) is 0 Å². The van der Waals surface area contributed by atoms with Gasteiger partial charge in [-0.05, 0) is 26.7 Å². The van der Waals surface area contributed by atoms with Crippen LogP contribution in [0, 0.1) is 0 Å². The second kappa shape index (κ2) is 6.72. The summed E-state index contributed by atoms with van der Waals surface area (Å²) in [7, 11) is 0. The highest BCUT2D eigenvalue weighted by atomic mass is 16.5. The zero-order valence-corrected chi connectivity index (χ0v) is 12.0. The zero-order chi connectivity index (χ0) is 12.9. The van der Waals surface area contributed by atoms with E-state index in [1.54, 1.807) is 0 Å². The molecular weight excluding hydrogens is 212 g/mol. The van der Waals surface area contributed by atoms with Gasteiger partial charge in [-0.1, -0.05) is 26.7 Å². The first kappa shape index (κ1) is 14.9. The molecule has 3 unspecified atom stereocenters. The maximum absolute atomic E-state index is 6.12. The predicted molar refractivity (Wildman–Crippen MR) is 73.2 cm³/mol. The molecule has 3 atom stereocenters. The van der Waals surface area contributed by atoms with Crippen molar-refractivity contribution in [2.45, 2.75) is 71.1 Å². The lowest BCUT2D eigenvalue weighted by Crippen LogP contribution is -2.62. The number of nitrogens with zero attached hydrogens (tertiary/aromatic N) is 1. The number of nitrogens with two attached hydrogens (primary N) is 1. The molecule has 1 fully saturated rings. The smallest absolute Gasteiger partial charge is 0.0675 e. The molecule has 0 aromatic rings. The highest BCUT2D eigenvalue weighted by molar-refractivity contribution is 4.95. The van der Waals surface area contributed by atoms with Crippen LogP contribution in [0.3, 0.4) is 0 Å². The lowest BCUT2D eigenvalue weighted by Gasteiger charge is -2.50. The summed E-state index contributed by atoms with van der Waals surface area (Å²) in [5, 5.41) is 0. The highest BCUT2D eigenvalue weighted by Gasteiger charge is 2.39. The molecule has 102 valence electrons. The van der Waals surface area contributed by atoms with Gasteiger partial charge in [-0.25, -0.2) is 0 Å². The molecule has 0 aromatic carbocycles. The number of ether oxygens (including phenoxy) is 1. The fourth-order valence-electron chi connectivity index (χ4n) is 2.96. The van der Waals surface area contributed by atoms with Crippen molar-refractivity contribution in [2.75, 3.05) is 19.7 Å². The highest BCUT2D eigenvalue weighted by Crippen LogP contribution is 2.30. The minimum absolute atomic E-state index is 0.188. The van der Waals surface area contributed by atoms with Crippen molar-refractivity contribution < 1.29 is 4.74 Å². The predicted octanol–water partition coefficient (Wildman–Crippen LogP) is 2.39. The minimum Gasteiger partial charge on any atom is -0.376 e. The molecule has 1 aliphatic heterocycles. The van der Waals surface area contributed by atoms with Crippen LogP contribution < -0.4 is 5.73 Å². The van der Waals surface area contributed by atoms with E-state index in [0.717, 1.165) is 26.1 Å². The molecule has 1 rings (SSSR count). The van der Waals surface area contributed by atoms with Crippen LogP contribution in [-0.2, 0) is 4.74 Å². The Bertz CT molecular complexity index is 216. The first-order valence-corrected chi connectivity index (χ1v) is 7.18. The van der Waals surface area contributed by atoms with Crippen LogP contribution in [0.4, 0.5) is 0 Å². The number of hydrogen-bond donors (Lipinski definition) is 1. The number of hydrogen-bond acceptors (Lipinski definition) is 3. The molecule has 0 spiro atoms. The molecular formula is C14H30N2O. The van der Waals surface area contributed by atoms with E-state index in [0.29, 0.717) is 12.1 Å². The average Bonchev–Trinajstić information content (AvgIpc) is 2.35. The normalized spacial score (nSPS) is 30.2. The van der Waals surface area contributed by atoms with Crippen LogP contribution in [0.25, 0.3) is 0 Å². The van der Waals surface area contributed by atoms with E-state index in [-0.39, 0.29) is 5.54 Å². The molecule has 0 radical (unpaired) electrons. The zero-order valence-electron chi connectivity index (χ0n) is 12.0. The summed E-state index contributed by atoms with van der Waals surface area (Å²) in [6.07, 6.45) is 5.21. The molecule has 0 bridgehead atoms. The Morgan fingerprint density at radius 3 is 2.59 bits per heavy atom. The summed E-state index contributed by atoms with van der Waals surface area (Å²) >= 11 is 0.